The minimum absolute atomic E-state index is 0.424. The number of nitrogen functional groups attached to an aromatic ring is 1. The van der Waals surface area contributed by atoms with Crippen molar-refractivity contribution in [2.24, 2.45) is 11.5 Å². The van der Waals surface area contributed by atoms with E-state index < -0.39 is 0 Å². The Morgan fingerprint density at radius 1 is 1.17 bits per heavy atom. The first-order valence-electron chi connectivity index (χ1n) is 7.88. The molecule has 0 spiro atoms. The molecule has 0 saturated carbocycles. The van der Waals surface area contributed by atoms with Crippen molar-refractivity contribution in [3.8, 4) is 11.4 Å². The standard InChI is InChI=1S/C17H23N7/c1-21-15-8-11(2-4-13(15)20)17-22-14-5-3-12(9-16(14)23-17)24(10-19)7-6-18/h2-5,8-9,21H,6-7,10,18-20H2,1H3,(H,22,23). The van der Waals surface area contributed by atoms with Gasteiger partial charge in [0.05, 0.1) is 29.1 Å². The van der Waals surface area contributed by atoms with Crippen LogP contribution in [0.1, 0.15) is 0 Å². The highest BCUT2D eigenvalue weighted by molar-refractivity contribution is 5.84. The van der Waals surface area contributed by atoms with Gasteiger partial charge in [-0.25, -0.2) is 4.98 Å². The number of hydrogen-bond donors (Lipinski definition) is 5. The first kappa shape index (κ1) is 16.1. The van der Waals surface area contributed by atoms with E-state index in [1.165, 1.54) is 0 Å². The Hall–Kier alpha value is -2.77. The molecule has 0 atom stereocenters. The van der Waals surface area contributed by atoms with Gasteiger partial charge < -0.3 is 32.4 Å². The second kappa shape index (κ2) is 6.77. The lowest BCUT2D eigenvalue weighted by molar-refractivity contribution is 0.801. The molecule has 0 aliphatic carbocycles. The molecule has 0 fully saturated rings. The van der Waals surface area contributed by atoms with Crippen molar-refractivity contribution in [3.63, 3.8) is 0 Å². The number of hydrogen-bond acceptors (Lipinski definition) is 6. The number of aromatic amines is 1. The maximum absolute atomic E-state index is 5.93. The van der Waals surface area contributed by atoms with Crippen LogP contribution in [-0.2, 0) is 0 Å². The van der Waals surface area contributed by atoms with E-state index >= 15 is 0 Å². The van der Waals surface area contributed by atoms with Crippen LogP contribution in [0.25, 0.3) is 22.4 Å². The van der Waals surface area contributed by atoms with E-state index in [1.54, 1.807) is 0 Å². The molecule has 1 heterocycles. The molecule has 1 aromatic heterocycles. The summed E-state index contributed by atoms with van der Waals surface area (Å²) in [5.74, 6) is 0.803. The lowest BCUT2D eigenvalue weighted by Crippen LogP contribution is -2.34. The van der Waals surface area contributed by atoms with E-state index in [9.17, 15) is 0 Å². The predicted octanol–water partition coefficient (Wildman–Crippen LogP) is 1.54. The van der Waals surface area contributed by atoms with Crippen LogP contribution in [0, 0.1) is 0 Å². The molecule has 0 aliphatic rings. The van der Waals surface area contributed by atoms with Crippen LogP contribution in [0.2, 0.25) is 0 Å². The average molecular weight is 325 g/mol. The maximum atomic E-state index is 5.93. The van der Waals surface area contributed by atoms with Gasteiger partial charge in [-0.3, -0.25) is 0 Å². The Labute approximate surface area is 140 Å². The molecule has 126 valence electrons. The van der Waals surface area contributed by atoms with E-state index in [2.05, 4.69) is 15.3 Å². The fourth-order valence-corrected chi connectivity index (χ4v) is 2.73. The number of fused-ring (bicyclic) bond motifs is 1. The number of aromatic nitrogens is 2. The largest absolute Gasteiger partial charge is 0.397 e. The summed E-state index contributed by atoms with van der Waals surface area (Å²) < 4.78 is 0. The SMILES string of the molecule is CNc1cc(-c2nc3ccc(N(CN)CCN)cc3[nH]2)ccc1N. The van der Waals surface area contributed by atoms with Crippen molar-refractivity contribution in [1.29, 1.82) is 0 Å². The molecule has 8 N–H and O–H groups in total. The van der Waals surface area contributed by atoms with Gasteiger partial charge in [-0.15, -0.1) is 0 Å². The maximum Gasteiger partial charge on any atom is 0.138 e. The van der Waals surface area contributed by atoms with Gasteiger partial charge in [0.15, 0.2) is 0 Å². The van der Waals surface area contributed by atoms with E-state index in [4.69, 9.17) is 17.2 Å². The Balaban J connectivity index is 1.99. The molecule has 2 aromatic carbocycles. The third-order valence-electron chi connectivity index (χ3n) is 4.05. The van der Waals surface area contributed by atoms with Crippen LogP contribution in [0.4, 0.5) is 17.1 Å². The summed E-state index contributed by atoms with van der Waals surface area (Å²) >= 11 is 0. The summed E-state index contributed by atoms with van der Waals surface area (Å²) in [6, 6.07) is 11.9. The van der Waals surface area contributed by atoms with Gasteiger partial charge in [0, 0.05) is 31.4 Å². The number of nitrogens with one attached hydrogen (secondary N) is 2. The first-order chi connectivity index (χ1) is 11.7. The summed E-state index contributed by atoms with van der Waals surface area (Å²) in [7, 11) is 1.85. The molecule has 0 radical (unpaired) electrons. The zero-order valence-electron chi connectivity index (χ0n) is 13.7. The number of rotatable bonds is 6. The summed E-state index contributed by atoms with van der Waals surface area (Å²) in [5.41, 5.74) is 22.8. The minimum atomic E-state index is 0.424. The molecule has 7 heteroatoms. The van der Waals surface area contributed by atoms with Gasteiger partial charge in [0.25, 0.3) is 0 Å². The number of benzene rings is 2. The quantitative estimate of drug-likeness (QED) is 0.346. The highest BCUT2D eigenvalue weighted by Crippen LogP contribution is 2.28. The topological polar surface area (TPSA) is 122 Å². The number of anilines is 3. The molecule has 0 aliphatic heterocycles. The van der Waals surface area contributed by atoms with Gasteiger partial charge >= 0.3 is 0 Å². The Bertz CT molecular complexity index is 840. The summed E-state index contributed by atoms with van der Waals surface area (Å²) in [6.07, 6.45) is 0. The Morgan fingerprint density at radius 3 is 2.71 bits per heavy atom. The molecule has 3 aromatic rings. The van der Waals surface area contributed by atoms with Gasteiger partial charge in [-0.1, -0.05) is 0 Å². The first-order valence-corrected chi connectivity index (χ1v) is 7.88. The van der Waals surface area contributed by atoms with Crippen molar-refractivity contribution in [2.75, 3.05) is 42.8 Å². The van der Waals surface area contributed by atoms with Crippen molar-refractivity contribution in [3.05, 3.63) is 36.4 Å². The number of nitrogens with two attached hydrogens (primary N) is 3. The van der Waals surface area contributed by atoms with Crippen molar-refractivity contribution in [2.45, 2.75) is 0 Å². The number of nitrogens with zero attached hydrogens (tertiary/aromatic N) is 2. The van der Waals surface area contributed by atoms with E-state index in [-0.39, 0.29) is 0 Å². The zero-order valence-corrected chi connectivity index (χ0v) is 13.7. The lowest BCUT2D eigenvalue weighted by Gasteiger charge is -2.21. The highest BCUT2D eigenvalue weighted by Gasteiger charge is 2.10. The molecule has 0 bridgehead atoms. The van der Waals surface area contributed by atoms with Crippen LogP contribution in [0.15, 0.2) is 36.4 Å². The van der Waals surface area contributed by atoms with Crippen LogP contribution >= 0.6 is 0 Å². The van der Waals surface area contributed by atoms with Crippen molar-refractivity contribution < 1.29 is 0 Å². The molecule has 7 nitrogen and oxygen atoms in total. The molecular formula is C17H23N7. The zero-order chi connectivity index (χ0) is 17.1. The fraction of sp³-hybridized carbons (Fsp3) is 0.235. The molecule has 24 heavy (non-hydrogen) atoms. The summed E-state index contributed by atoms with van der Waals surface area (Å²) in [5, 5.41) is 3.09. The molecular weight excluding hydrogens is 302 g/mol. The van der Waals surface area contributed by atoms with E-state index in [1.807, 2.05) is 48.3 Å². The Kier molecular flexibility index (Phi) is 4.54. The van der Waals surface area contributed by atoms with E-state index in [0.29, 0.717) is 25.4 Å². The number of H-pyrrole nitrogens is 1. The normalized spacial score (nSPS) is 11.0. The third-order valence-corrected chi connectivity index (χ3v) is 4.05. The second-order valence-corrected chi connectivity index (χ2v) is 5.57. The second-order valence-electron chi connectivity index (χ2n) is 5.57. The van der Waals surface area contributed by atoms with Crippen molar-refractivity contribution >= 4 is 28.1 Å². The average Bonchev–Trinajstić information content (AvgIpc) is 3.03. The highest BCUT2D eigenvalue weighted by atomic mass is 15.2. The lowest BCUT2D eigenvalue weighted by atomic mass is 10.1. The van der Waals surface area contributed by atoms with Gasteiger partial charge in [0.1, 0.15) is 5.82 Å². The smallest absolute Gasteiger partial charge is 0.138 e. The van der Waals surface area contributed by atoms with Gasteiger partial charge in [0.2, 0.25) is 0 Å². The molecule has 0 unspecified atom stereocenters. The predicted molar refractivity (Wildman–Crippen MR) is 101 cm³/mol. The van der Waals surface area contributed by atoms with Crippen LogP contribution in [0.3, 0.4) is 0 Å². The monoisotopic (exact) mass is 325 g/mol. The Morgan fingerprint density at radius 2 is 2.00 bits per heavy atom. The van der Waals surface area contributed by atoms with E-state index in [0.717, 1.165) is 33.8 Å². The van der Waals surface area contributed by atoms with Crippen LogP contribution in [-0.4, -0.2) is 36.8 Å². The fourth-order valence-electron chi connectivity index (χ4n) is 2.73. The molecule has 3 rings (SSSR count). The van der Waals surface area contributed by atoms with Crippen LogP contribution < -0.4 is 27.4 Å². The van der Waals surface area contributed by atoms with Gasteiger partial charge in [-0.05, 0) is 36.4 Å². The molecule has 0 amide bonds. The summed E-state index contributed by atoms with van der Waals surface area (Å²) in [6.45, 7) is 1.70. The van der Waals surface area contributed by atoms with Crippen molar-refractivity contribution in [1.82, 2.24) is 9.97 Å². The third kappa shape index (κ3) is 2.99. The summed E-state index contributed by atoms with van der Waals surface area (Å²) in [4.78, 5) is 10.1. The van der Waals surface area contributed by atoms with Gasteiger partial charge in [-0.2, -0.15) is 0 Å². The minimum Gasteiger partial charge on any atom is -0.397 e. The molecule has 0 saturated heterocycles. The van der Waals surface area contributed by atoms with Crippen LogP contribution in [0.5, 0.6) is 0 Å². The number of imidazole rings is 1.